The predicted molar refractivity (Wildman–Crippen MR) is 524 cm³/mol. The summed E-state index contributed by atoms with van der Waals surface area (Å²) in [6, 6.07) is 57.3. The minimum atomic E-state index is -1.20. The Balaban J connectivity index is 0.000000133. The molecule has 140 heavy (non-hydrogen) atoms. The molecule has 7 aliphatic rings. The third-order valence-electron chi connectivity index (χ3n) is 25.6. The van der Waals surface area contributed by atoms with Gasteiger partial charge < -0.3 is 88.4 Å². The monoisotopic (exact) mass is 1980 g/mol. The van der Waals surface area contributed by atoms with Crippen molar-refractivity contribution in [3.63, 3.8) is 0 Å². The topological polar surface area (TPSA) is 467 Å². The van der Waals surface area contributed by atoms with E-state index in [1.165, 1.54) is 53.4 Å². The van der Waals surface area contributed by atoms with Gasteiger partial charge >= 0.3 is 35.9 Å². The van der Waals surface area contributed by atoms with Crippen molar-refractivity contribution in [1.82, 2.24) is 24.9 Å². The van der Waals surface area contributed by atoms with Gasteiger partial charge in [-0.2, -0.15) is 4.98 Å². The Morgan fingerprint density at radius 1 is 0.479 bits per heavy atom. The van der Waals surface area contributed by atoms with Gasteiger partial charge in [-0.25, -0.2) is 43.9 Å². The number of oxazole rings is 2. The van der Waals surface area contributed by atoms with Gasteiger partial charge in [0.2, 0.25) is 41.1 Å². The second-order valence-electron chi connectivity index (χ2n) is 34.6. The van der Waals surface area contributed by atoms with E-state index in [2.05, 4.69) is 44.0 Å². The number of amides is 5. The maximum absolute atomic E-state index is 12.6. The Morgan fingerprint density at radius 2 is 0.979 bits per heavy atom. The van der Waals surface area contributed by atoms with Crippen LogP contribution in [0.3, 0.4) is 0 Å². The number of fused-ring (bicyclic) bond motifs is 1. The summed E-state index contributed by atoms with van der Waals surface area (Å²) in [6.45, 7) is 3.55. The van der Waals surface area contributed by atoms with Gasteiger partial charge in [-0.3, -0.25) is 24.0 Å². The number of hydrogen-bond acceptors (Lipinski definition) is 27. The van der Waals surface area contributed by atoms with Crippen LogP contribution >= 0.6 is 45.8 Å². The van der Waals surface area contributed by atoms with Crippen LogP contribution in [-0.2, 0) is 60.0 Å². The smallest absolute Gasteiger partial charge is 0.394 e. The zero-order valence-electron chi connectivity index (χ0n) is 76.6. The van der Waals surface area contributed by atoms with E-state index in [0.717, 1.165) is 190 Å². The van der Waals surface area contributed by atoms with E-state index in [4.69, 9.17) is 48.6 Å². The molecule has 1 saturated carbocycles. The fourth-order valence-electron chi connectivity index (χ4n) is 18.0. The first-order chi connectivity index (χ1) is 67.8. The van der Waals surface area contributed by atoms with Crippen LogP contribution in [0.25, 0.3) is 11.1 Å². The van der Waals surface area contributed by atoms with E-state index >= 15 is 0 Å². The van der Waals surface area contributed by atoms with E-state index in [0.29, 0.717) is 80.7 Å². The molecule has 0 radical (unpaired) electrons. The fraction of sp³-hybridized carbons (Fsp3) is 0.350. The Labute approximate surface area is 822 Å². The molecule has 5 aliphatic heterocycles. The van der Waals surface area contributed by atoms with Gasteiger partial charge in [-0.15, -0.1) is 22.7 Å². The van der Waals surface area contributed by atoms with Gasteiger partial charge in [0.1, 0.15) is 25.7 Å². The number of ether oxygens (including phenoxy) is 3. The number of carbonyl (C=O) groups is 10. The highest BCUT2D eigenvalue weighted by atomic mass is 32.2. The quantitative estimate of drug-likeness (QED) is 0.0169. The number of aliphatic hydroxyl groups excluding tert-OH is 3. The molecule has 19 rings (SSSR count). The highest BCUT2D eigenvalue weighted by Gasteiger charge is 2.44. The molecule has 0 spiro atoms. The van der Waals surface area contributed by atoms with Gasteiger partial charge in [0.05, 0.1) is 76.2 Å². The molecule has 5 amide bonds. The van der Waals surface area contributed by atoms with Crippen molar-refractivity contribution in [2.45, 2.75) is 201 Å². The van der Waals surface area contributed by atoms with Crippen molar-refractivity contribution in [1.29, 1.82) is 0 Å². The minimum Gasteiger partial charge on any atom is -0.477 e. The summed E-state index contributed by atoms with van der Waals surface area (Å²) in [4.78, 5) is 146. The third-order valence-corrected chi connectivity index (χ3v) is 29.6. The van der Waals surface area contributed by atoms with Crippen LogP contribution in [0.4, 0.5) is 28.4 Å². The lowest BCUT2D eigenvalue weighted by Crippen LogP contribution is -2.36. The van der Waals surface area contributed by atoms with Gasteiger partial charge in [-0.05, 0) is 189 Å². The average Bonchev–Trinajstić information content (AvgIpc) is 1.59. The molecule has 7 atom stereocenters. The van der Waals surface area contributed by atoms with Crippen molar-refractivity contribution in [2.75, 3.05) is 56.7 Å². The normalized spacial score (nSPS) is 18.5. The summed E-state index contributed by atoms with van der Waals surface area (Å²) in [6.07, 6.45) is 20.2. The highest BCUT2D eigenvalue weighted by molar-refractivity contribution is 8.01. The number of anilines is 5. The maximum atomic E-state index is 12.6. The lowest BCUT2D eigenvalue weighted by atomic mass is 9.96. The molecule has 37 heteroatoms. The Morgan fingerprint density at radius 3 is 1.54 bits per heavy atom. The first-order valence-corrected chi connectivity index (χ1v) is 49.8. The molecule has 730 valence electrons. The largest absolute Gasteiger partial charge is 0.477 e. The van der Waals surface area contributed by atoms with Crippen LogP contribution in [-0.4, -0.2) is 188 Å². The summed E-state index contributed by atoms with van der Waals surface area (Å²) in [5.74, 6) is -4.01. The summed E-state index contributed by atoms with van der Waals surface area (Å²) in [5.41, 5.74) is 12.5. The first kappa shape index (κ1) is 101. The number of hydrogen-bond donors (Lipinski definition) is 8. The number of thioether (sulfide) groups is 1. The number of aromatic nitrogens is 5. The number of aromatic carboxylic acids is 5. The molecule has 10 heterocycles. The summed E-state index contributed by atoms with van der Waals surface area (Å²) in [5, 5.41) is 75.8. The van der Waals surface area contributed by atoms with E-state index in [1.807, 2.05) is 183 Å². The molecule has 7 aromatic carbocycles. The lowest BCUT2D eigenvalue weighted by Gasteiger charge is -2.26. The SMILES string of the molecule is CCc1ccc(N2C(=O)CC[C@H]2COCc2ncc(C(=O)O)s2)cc1.O=C(O)c1cnc(CCC[C@@H]2CCC(=O)N2c2ccc(-c3ccccc3)cc2)o1.O=C(O)c1cnc(OCC[C@@H]2CCC(=O)N2c2ccc(C3(CO)CC3)cc2)s1.O=C(O)c1cnc(OCC[C@@H]2CCC(=O)N2c2ccc3c(c2)CCC3O)o1.O=C(O)c1cnc(SCC[C@@H]2CCC(=O)N2c2cccc(C(O)c3ccccc3)c2)s1. The zero-order valence-corrected chi connectivity index (χ0v) is 79.8. The number of rotatable bonds is 36. The number of aliphatic hydroxyl groups is 3. The van der Waals surface area contributed by atoms with Crippen molar-refractivity contribution >= 4 is 134 Å². The summed E-state index contributed by atoms with van der Waals surface area (Å²) >= 11 is 4.79. The molecule has 8 N–H and O–H groups in total. The van der Waals surface area contributed by atoms with Crippen molar-refractivity contribution in [3.05, 3.63) is 277 Å². The lowest BCUT2D eigenvalue weighted by molar-refractivity contribution is -0.118. The number of nitrogens with zero attached hydrogens (tertiary/aromatic N) is 10. The molecule has 33 nitrogen and oxygen atoms in total. The summed E-state index contributed by atoms with van der Waals surface area (Å²) in [7, 11) is 0. The second-order valence-corrected chi connectivity index (χ2v) is 39.1. The third kappa shape index (κ3) is 25.5. The number of thiazole rings is 3. The molecule has 2 unspecified atom stereocenters. The van der Waals surface area contributed by atoms with Crippen molar-refractivity contribution in [3.8, 4) is 22.4 Å². The minimum absolute atomic E-state index is 0.00103. The number of benzene rings is 7. The first-order valence-electron chi connectivity index (χ1n) is 46.4. The highest BCUT2D eigenvalue weighted by Crippen LogP contribution is 2.49. The molecular formula is C103H106N10O23S4. The predicted octanol–water partition coefficient (Wildman–Crippen LogP) is 17.4. The molecule has 5 saturated heterocycles. The fourth-order valence-corrected chi connectivity index (χ4v) is 21.3. The molecule has 5 aromatic heterocycles. The van der Waals surface area contributed by atoms with Crippen LogP contribution in [0.5, 0.6) is 11.3 Å². The van der Waals surface area contributed by atoms with Gasteiger partial charge in [0.15, 0.2) is 10.2 Å². The van der Waals surface area contributed by atoms with Crippen LogP contribution in [0.15, 0.2) is 220 Å². The zero-order chi connectivity index (χ0) is 98.5. The Kier molecular flexibility index (Phi) is 34.1. The number of carboxylic acid groups (broad SMARTS) is 5. The number of carbonyl (C=O) groups excluding carboxylic acids is 5. The van der Waals surface area contributed by atoms with Gasteiger partial charge in [-0.1, -0.05) is 145 Å². The van der Waals surface area contributed by atoms with Crippen LogP contribution < -0.4 is 34.0 Å². The van der Waals surface area contributed by atoms with E-state index in [1.54, 1.807) is 4.90 Å². The van der Waals surface area contributed by atoms with Crippen LogP contribution in [0, 0.1) is 0 Å². The van der Waals surface area contributed by atoms with Crippen molar-refractivity contribution < 1.29 is 112 Å². The molecular weight excluding hydrogens is 1870 g/mol. The van der Waals surface area contributed by atoms with Gasteiger partial charge in [0.25, 0.3) is 5.19 Å². The summed E-state index contributed by atoms with van der Waals surface area (Å²) < 4.78 is 27.6. The molecule has 2 aliphatic carbocycles. The van der Waals surface area contributed by atoms with E-state index in [-0.39, 0.29) is 117 Å². The standard InChI is InChI=1S/C23H22N2O4S2.C23H22N2O4.C20H22N2O5S.C19H20N2O6.C18H20N2O4S/c26-20-10-9-17(11-12-30-23-24-14-19(31-23)22(28)29)25(20)18-8-4-7-16(13-18)21(27)15-5-2-1-3-6-15;26-22-14-13-18(7-4-8-21-24-15-20(29-21)23(27)28)25(22)19-11-9-17(10-12-19)16-5-2-1-3-6-16;23-12-20(8-9-20)13-1-3-14(4-2-13)22-15(5-6-17(22)24)7-10-27-19-21-11-16(28-19)18(25)26;22-15-5-1-11-9-13(2-4-14(11)15)21-12(3-6-17(21)23)7-8-26-19-20-10-16(27-19)18(24)25;1-2-12-3-5-13(6-4-12)20-14(7-8-17(20)21)10-24-11-16-19-9-15(25-16)18(22)23/h1-8,13-14,17,21,27H,9-12H2,(H,28,29);1-3,5-6,9-12,15,18H,4,7-8,13-14H2,(H,27,28);1-4,11,15,23H,5-10,12H2,(H,25,26);2,4,9-10,12,15,22H,1,3,5-8H2,(H,24,25);3-6,9,14H,2,7-8,10-11H2,1H3,(H,22,23)/t17-,21?;18-;15-;12-,15?;14-/m01000/s1. The molecule has 0 bridgehead atoms. The molecule has 12 aromatic rings. The Bertz CT molecular complexity index is 6330. The van der Waals surface area contributed by atoms with Crippen LogP contribution in [0.2, 0.25) is 0 Å². The second kappa shape index (κ2) is 47.3. The van der Waals surface area contributed by atoms with Gasteiger partial charge in [0, 0.05) is 115 Å². The Hall–Kier alpha value is -13.7. The van der Waals surface area contributed by atoms with Crippen molar-refractivity contribution in [2.24, 2.45) is 0 Å². The van der Waals surface area contributed by atoms with E-state index in [9.17, 15) is 63.3 Å². The van der Waals surface area contributed by atoms with E-state index < -0.39 is 42.1 Å². The van der Waals surface area contributed by atoms with Crippen LogP contribution in [0.1, 0.15) is 229 Å². The maximum Gasteiger partial charge on any atom is 0.394 e. The average molecular weight is 1980 g/mol. The molecule has 6 fully saturated rings. The number of carboxylic acids is 5. The number of aryl methyl sites for hydroxylation is 3.